The third-order valence-corrected chi connectivity index (χ3v) is 3.88. The summed E-state index contributed by atoms with van der Waals surface area (Å²) in [7, 11) is -4.32. The first kappa shape index (κ1) is 13.9. The van der Waals surface area contributed by atoms with Gasteiger partial charge in [-0.2, -0.15) is 0 Å². The summed E-state index contributed by atoms with van der Waals surface area (Å²) in [5.41, 5.74) is 1.34. The zero-order chi connectivity index (χ0) is 14.9. The van der Waals surface area contributed by atoms with Gasteiger partial charge in [0.25, 0.3) is 0 Å². The van der Waals surface area contributed by atoms with Crippen molar-refractivity contribution in [1.29, 1.82) is 0 Å². The second-order valence-corrected chi connectivity index (χ2v) is 6.19. The molecule has 3 aromatic rings. The van der Waals surface area contributed by atoms with Gasteiger partial charge in [0.05, 0.1) is 0 Å². The van der Waals surface area contributed by atoms with Crippen molar-refractivity contribution in [3.8, 4) is 0 Å². The molecule has 3 aromatic heterocycles. The lowest BCUT2D eigenvalue weighted by Gasteiger charge is -2.01. The minimum atomic E-state index is -4.32. The highest BCUT2D eigenvalue weighted by molar-refractivity contribution is 7.60. The Bertz CT molecular complexity index is 794. The van der Waals surface area contributed by atoms with Crippen LogP contribution in [0.5, 0.6) is 0 Å². The van der Waals surface area contributed by atoms with Crippen LogP contribution in [0, 0.1) is 0 Å². The molecule has 10 heteroatoms. The zero-order valence-corrected chi connectivity index (χ0v) is 11.8. The van der Waals surface area contributed by atoms with E-state index in [4.69, 9.17) is 9.79 Å². The normalized spacial score (nSPS) is 12.1. The van der Waals surface area contributed by atoms with Crippen molar-refractivity contribution < 1.29 is 14.4 Å². The number of hydrogen-bond donors (Lipinski definition) is 3. The van der Waals surface area contributed by atoms with Crippen molar-refractivity contribution in [2.24, 2.45) is 0 Å². The number of aromatic amines is 1. The molecule has 0 aromatic carbocycles. The molecular weight excluding hydrogens is 295 g/mol. The van der Waals surface area contributed by atoms with E-state index in [0.717, 1.165) is 30.7 Å². The number of pyridine rings is 1. The van der Waals surface area contributed by atoms with E-state index >= 15 is 0 Å². The Labute approximate surface area is 119 Å². The van der Waals surface area contributed by atoms with Gasteiger partial charge in [0.2, 0.25) is 0 Å². The van der Waals surface area contributed by atoms with E-state index in [9.17, 15) is 4.57 Å². The highest BCUT2D eigenvalue weighted by Gasteiger charge is 2.21. The first-order valence-corrected chi connectivity index (χ1v) is 7.90. The SMILES string of the molecule is O=P(O)(O)c1cn2cc(CCCc3nnn[nH]3)ccc2n1. The van der Waals surface area contributed by atoms with Crippen molar-refractivity contribution in [2.75, 3.05) is 0 Å². The van der Waals surface area contributed by atoms with Crippen molar-refractivity contribution in [2.45, 2.75) is 19.3 Å². The summed E-state index contributed by atoms with van der Waals surface area (Å²) < 4.78 is 12.8. The lowest BCUT2D eigenvalue weighted by atomic mass is 10.1. The first-order valence-electron chi connectivity index (χ1n) is 6.29. The number of tetrazole rings is 1. The van der Waals surface area contributed by atoms with E-state index in [-0.39, 0.29) is 5.44 Å². The molecule has 0 spiro atoms. The number of nitrogens with one attached hydrogen (secondary N) is 1. The maximum absolute atomic E-state index is 11.2. The van der Waals surface area contributed by atoms with Gasteiger partial charge >= 0.3 is 7.60 Å². The fourth-order valence-electron chi connectivity index (χ4n) is 2.06. The van der Waals surface area contributed by atoms with Crippen LogP contribution in [0.2, 0.25) is 0 Å². The lowest BCUT2D eigenvalue weighted by Crippen LogP contribution is -2.03. The third-order valence-electron chi connectivity index (χ3n) is 3.07. The Balaban J connectivity index is 1.73. The Hall–Kier alpha value is -2.09. The molecule has 3 rings (SSSR count). The molecule has 0 unspecified atom stereocenters. The van der Waals surface area contributed by atoms with Crippen molar-refractivity contribution in [3.63, 3.8) is 0 Å². The van der Waals surface area contributed by atoms with Gasteiger partial charge < -0.3 is 14.2 Å². The number of aryl methyl sites for hydroxylation is 2. The Kier molecular flexibility index (Phi) is 3.54. The van der Waals surface area contributed by atoms with Crippen molar-refractivity contribution >= 4 is 18.7 Å². The summed E-state index contributed by atoms with van der Waals surface area (Å²) in [5, 5.41) is 13.5. The quantitative estimate of drug-likeness (QED) is 0.558. The highest BCUT2D eigenvalue weighted by Crippen LogP contribution is 2.32. The number of imidazole rings is 1. The molecule has 21 heavy (non-hydrogen) atoms. The standard InChI is InChI=1S/C11H13N6O3P/c18-21(19,20)11-7-17-6-8(4-5-10(17)12-11)2-1-3-9-13-15-16-14-9/h4-7H,1-3H2,(H2,18,19,20)(H,13,14,15,16). The van der Waals surface area contributed by atoms with E-state index in [1.807, 2.05) is 12.3 Å². The van der Waals surface area contributed by atoms with Crippen LogP contribution in [0.3, 0.4) is 0 Å². The van der Waals surface area contributed by atoms with Gasteiger partial charge in [-0.05, 0) is 34.9 Å². The summed E-state index contributed by atoms with van der Waals surface area (Å²) in [5.74, 6) is 0.738. The van der Waals surface area contributed by atoms with Gasteiger partial charge in [0.1, 0.15) is 11.5 Å². The number of H-pyrrole nitrogens is 1. The summed E-state index contributed by atoms with van der Waals surface area (Å²) >= 11 is 0. The van der Waals surface area contributed by atoms with Crippen LogP contribution in [0.25, 0.3) is 5.65 Å². The van der Waals surface area contributed by atoms with Gasteiger partial charge in [-0.15, -0.1) is 5.10 Å². The van der Waals surface area contributed by atoms with Crippen molar-refractivity contribution in [3.05, 3.63) is 35.9 Å². The minimum Gasteiger partial charge on any atom is -0.320 e. The van der Waals surface area contributed by atoms with Crippen LogP contribution in [0.15, 0.2) is 24.5 Å². The molecule has 3 heterocycles. The molecule has 9 nitrogen and oxygen atoms in total. The largest absolute Gasteiger partial charge is 0.376 e. The number of hydrogen-bond acceptors (Lipinski definition) is 5. The molecule has 110 valence electrons. The fourth-order valence-corrected chi connectivity index (χ4v) is 2.56. The predicted octanol–water partition coefficient (Wildman–Crippen LogP) is -0.174. The zero-order valence-electron chi connectivity index (χ0n) is 10.9. The van der Waals surface area contributed by atoms with Gasteiger partial charge in [-0.25, -0.2) is 10.1 Å². The van der Waals surface area contributed by atoms with Crippen LogP contribution >= 0.6 is 7.60 Å². The highest BCUT2D eigenvalue weighted by atomic mass is 31.2. The Morgan fingerprint density at radius 2 is 2.10 bits per heavy atom. The predicted molar refractivity (Wildman–Crippen MR) is 73.1 cm³/mol. The van der Waals surface area contributed by atoms with Gasteiger partial charge in [0, 0.05) is 18.8 Å². The fraction of sp³-hybridized carbons (Fsp3) is 0.273. The molecule has 0 aliphatic rings. The van der Waals surface area contributed by atoms with Gasteiger partial charge in [0.15, 0.2) is 5.44 Å². The number of rotatable bonds is 5. The Morgan fingerprint density at radius 1 is 1.24 bits per heavy atom. The maximum Gasteiger partial charge on any atom is 0.376 e. The van der Waals surface area contributed by atoms with Gasteiger partial charge in [-0.3, -0.25) is 4.57 Å². The summed E-state index contributed by atoms with van der Waals surface area (Å²) in [6, 6.07) is 3.63. The molecule has 0 radical (unpaired) electrons. The summed E-state index contributed by atoms with van der Waals surface area (Å²) in [6.45, 7) is 0. The smallest absolute Gasteiger partial charge is 0.320 e. The second kappa shape index (κ2) is 5.36. The molecule has 0 saturated heterocycles. The second-order valence-electron chi connectivity index (χ2n) is 4.65. The van der Waals surface area contributed by atoms with Crippen LogP contribution in [-0.2, 0) is 17.4 Å². The maximum atomic E-state index is 11.2. The van der Waals surface area contributed by atoms with Gasteiger partial charge in [-0.1, -0.05) is 6.07 Å². The number of aromatic nitrogens is 6. The monoisotopic (exact) mass is 308 g/mol. The molecule has 0 saturated carbocycles. The molecule has 3 N–H and O–H groups in total. The average Bonchev–Trinajstić information content (AvgIpc) is 3.05. The van der Waals surface area contributed by atoms with Crippen LogP contribution in [0.4, 0.5) is 0 Å². The van der Waals surface area contributed by atoms with Crippen LogP contribution in [-0.4, -0.2) is 39.8 Å². The van der Waals surface area contributed by atoms with Crippen molar-refractivity contribution in [1.82, 2.24) is 30.0 Å². The molecule has 0 fully saturated rings. The molecular formula is C11H13N6O3P. The summed E-state index contributed by atoms with van der Waals surface area (Å²) in [4.78, 5) is 22.2. The van der Waals surface area contributed by atoms with E-state index in [0.29, 0.717) is 5.65 Å². The van der Waals surface area contributed by atoms with E-state index in [1.54, 1.807) is 10.5 Å². The molecule has 0 aliphatic carbocycles. The first-order chi connectivity index (χ1) is 10.0. The molecule has 0 amide bonds. The average molecular weight is 308 g/mol. The number of fused-ring (bicyclic) bond motifs is 1. The van der Waals surface area contributed by atoms with E-state index in [2.05, 4.69) is 25.6 Å². The molecule has 0 bridgehead atoms. The summed E-state index contributed by atoms with van der Waals surface area (Å²) in [6.07, 6.45) is 5.59. The minimum absolute atomic E-state index is 0.215. The van der Waals surface area contributed by atoms with E-state index in [1.165, 1.54) is 6.20 Å². The molecule has 0 atom stereocenters. The van der Waals surface area contributed by atoms with E-state index < -0.39 is 7.60 Å². The molecule has 0 aliphatic heterocycles. The lowest BCUT2D eigenvalue weighted by molar-refractivity contribution is 0.386. The van der Waals surface area contributed by atoms with Crippen LogP contribution in [0.1, 0.15) is 17.8 Å². The number of nitrogens with zero attached hydrogens (tertiary/aromatic N) is 5. The third kappa shape index (κ3) is 3.15. The van der Waals surface area contributed by atoms with Crippen LogP contribution < -0.4 is 5.44 Å². The topological polar surface area (TPSA) is 129 Å². The Morgan fingerprint density at radius 3 is 2.81 bits per heavy atom.